The minimum absolute atomic E-state index is 0.00462. The van der Waals surface area contributed by atoms with Gasteiger partial charge in [-0.25, -0.2) is 8.42 Å². The summed E-state index contributed by atoms with van der Waals surface area (Å²) in [7, 11) is -3.77. The average molecular weight is 387 g/mol. The highest BCUT2D eigenvalue weighted by Gasteiger charge is 2.18. The maximum absolute atomic E-state index is 12.5. The van der Waals surface area contributed by atoms with E-state index >= 15 is 0 Å². The Morgan fingerprint density at radius 3 is 2.21 bits per heavy atom. The minimum atomic E-state index is -3.77. The van der Waals surface area contributed by atoms with Crippen molar-refractivity contribution in [3.05, 3.63) is 52.5 Å². The summed E-state index contributed by atoms with van der Waals surface area (Å²) in [5.41, 5.74) is 1.52. The Bertz CT molecular complexity index is 806. The van der Waals surface area contributed by atoms with Crippen molar-refractivity contribution >= 4 is 44.6 Å². The number of hydrogen-bond acceptors (Lipinski definition) is 3. The summed E-state index contributed by atoms with van der Waals surface area (Å²) in [5, 5.41) is 0.472. The van der Waals surface area contributed by atoms with Gasteiger partial charge in [-0.05, 0) is 63.2 Å². The molecule has 0 aliphatic heterocycles. The van der Waals surface area contributed by atoms with E-state index in [0.717, 1.165) is 12.2 Å². The second kappa shape index (κ2) is 7.64. The van der Waals surface area contributed by atoms with Gasteiger partial charge in [-0.1, -0.05) is 23.2 Å². The fourth-order valence-electron chi connectivity index (χ4n) is 2.47. The molecule has 0 aliphatic rings. The number of halogens is 2. The molecular weight excluding hydrogens is 367 g/mol. The lowest BCUT2D eigenvalue weighted by Crippen LogP contribution is -2.30. The lowest BCUT2D eigenvalue weighted by molar-refractivity contribution is 0.601. The molecule has 0 saturated heterocycles. The van der Waals surface area contributed by atoms with Gasteiger partial charge in [-0.15, -0.1) is 0 Å². The maximum Gasteiger partial charge on any atom is 0.263 e. The van der Waals surface area contributed by atoms with Crippen LogP contribution in [0.25, 0.3) is 0 Å². The standard InChI is InChI=1S/C17H20Cl2N2O2S/c1-4-21(12(2)3)15-8-6-14(7-9-15)20-24(22,23)17-10-5-13(18)11-16(17)19/h5-12,20H,4H2,1-3H3. The molecule has 2 aromatic rings. The van der Waals surface area contributed by atoms with Crippen LogP contribution < -0.4 is 9.62 Å². The fraction of sp³-hybridized carbons (Fsp3) is 0.294. The third-order valence-corrected chi connectivity index (χ3v) is 5.70. The highest BCUT2D eigenvalue weighted by molar-refractivity contribution is 7.92. The smallest absolute Gasteiger partial charge is 0.263 e. The van der Waals surface area contributed by atoms with E-state index in [-0.39, 0.29) is 9.92 Å². The van der Waals surface area contributed by atoms with Crippen LogP contribution in [-0.2, 0) is 10.0 Å². The van der Waals surface area contributed by atoms with Crippen molar-refractivity contribution in [2.24, 2.45) is 0 Å². The van der Waals surface area contributed by atoms with Gasteiger partial charge < -0.3 is 4.90 Å². The first-order valence-electron chi connectivity index (χ1n) is 7.59. The number of benzene rings is 2. The van der Waals surface area contributed by atoms with Gasteiger partial charge in [-0.3, -0.25) is 4.72 Å². The highest BCUT2D eigenvalue weighted by atomic mass is 35.5. The summed E-state index contributed by atoms with van der Waals surface area (Å²) >= 11 is 11.8. The van der Waals surface area contributed by atoms with Crippen molar-refractivity contribution in [1.29, 1.82) is 0 Å². The van der Waals surface area contributed by atoms with Gasteiger partial charge in [0.05, 0.1) is 5.02 Å². The van der Waals surface area contributed by atoms with Crippen LogP contribution in [0, 0.1) is 0 Å². The molecule has 0 spiro atoms. The Morgan fingerprint density at radius 1 is 1.08 bits per heavy atom. The first kappa shape index (κ1) is 18.9. The van der Waals surface area contributed by atoms with Gasteiger partial charge in [0.2, 0.25) is 0 Å². The largest absolute Gasteiger partial charge is 0.369 e. The zero-order chi connectivity index (χ0) is 17.9. The first-order valence-corrected chi connectivity index (χ1v) is 9.83. The summed E-state index contributed by atoms with van der Waals surface area (Å²) in [6.45, 7) is 7.19. The second-order valence-electron chi connectivity index (χ2n) is 5.61. The monoisotopic (exact) mass is 386 g/mol. The molecule has 24 heavy (non-hydrogen) atoms. The quantitative estimate of drug-likeness (QED) is 0.757. The lowest BCUT2D eigenvalue weighted by atomic mass is 10.2. The van der Waals surface area contributed by atoms with E-state index in [4.69, 9.17) is 23.2 Å². The summed E-state index contributed by atoms with van der Waals surface area (Å²) < 4.78 is 27.5. The van der Waals surface area contributed by atoms with E-state index in [1.165, 1.54) is 18.2 Å². The number of rotatable bonds is 6. The van der Waals surface area contributed by atoms with Gasteiger partial charge in [0, 0.05) is 29.0 Å². The molecular formula is C17H20Cl2N2O2S. The molecule has 0 heterocycles. The molecule has 1 N–H and O–H groups in total. The van der Waals surface area contributed by atoms with Crippen LogP contribution in [0.15, 0.2) is 47.4 Å². The van der Waals surface area contributed by atoms with E-state index in [9.17, 15) is 8.42 Å². The summed E-state index contributed by atoms with van der Waals surface area (Å²) in [6.07, 6.45) is 0. The number of anilines is 2. The normalized spacial score (nSPS) is 11.6. The van der Waals surface area contributed by atoms with Crippen LogP contribution >= 0.6 is 23.2 Å². The highest BCUT2D eigenvalue weighted by Crippen LogP contribution is 2.27. The van der Waals surface area contributed by atoms with Crippen molar-refractivity contribution in [3.8, 4) is 0 Å². The van der Waals surface area contributed by atoms with Gasteiger partial charge in [-0.2, -0.15) is 0 Å². The molecule has 0 saturated carbocycles. The molecule has 0 bridgehead atoms. The number of hydrogen-bond donors (Lipinski definition) is 1. The van der Waals surface area contributed by atoms with Gasteiger partial charge in [0.15, 0.2) is 0 Å². The van der Waals surface area contributed by atoms with E-state index in [1.807, 2.05) is 12.1 Å². The van der Waals surface area contributed by atoms with Gasteiger partial charge in [0.1, 0.15) is 4.90 Å². The van der Waals surface area contributed by atoms with E-state index < -0.39 is 10.0 Å². The number of nitrogens with one attached hydrogen (secondary N) is 1. The molecule has 130 valence electrons. The molecule has 0 amide bonds. The minimum Gasteiger partial charge on any atom is -0.369 e. The third kappa shape index (κ3) is 4.35. The second-order valence-corrected chi connectivity index (χ2v) is 8.10. The van der Waals surface area contributed by atoms with Crippen molar-refractivity contribution in [2.75, 3.05) is 16.2 Å². The topological polar surface area (TPSA) is 49.4 Å². The molecule has 4 nitrogen and oxygen atoms in total. The Labute approximate surface area is 153 Å². The Morgan fingerprint density at radius 2 is 1.71 bits per heavy atom. The van der Waals surface area contributed by atoms with E-state index in [2.05, 4.69) is 30.4 Å². The Hall–Kier alpha value is -1.43. The van der Waals surface area contributed by atoms with Gasteiger partial charge >= 0.3 is 0 Å². The molecule has 0 aromatic heterocycles. The Kier molecular flexibility index (Phi) is 6.01. The average Bonchev–Trinajstić information content (AvgIpc) is 2.48. The van der Waals surface area contributed by atoms with Crippen LogP contribution in [0.4, 0.5) is 11.4 Å². The summed E-state index contributed by atoms with van der Waals surface area (Å²) in [5.74, 6) is 0. The third-order valence-electron chi connectivity index (χ3n) is 3.60. The lowest BCUT2D eigenvalue weighted by Gasteiger charge is -2.27. The maximum atomic E-state index is 12.5. The van der Waals surface area contributed by atoms with Crippen LogP contribution in [0.1, 0.15) is 20.8 Å². The van der Waals surface area contributed by atoms with Gasteiger partial charge in [0.25, 0.3) is 10.0 Å². The van der Waals surface area contributed by atoms with Crippen molar-refractivity contribution < 1.29 is 8.42 Å². The van der Waals surface area contributed by atoms with Crippen LogP contribution in [0.5, 0.6) is 0 Å². The van der Waals surface area contributed by atoms with E-state index in [1.54, 1.807) is 12.1 Å². The molecule has 0 radical (unpaired) electrons. The van der Waals surface area contributed by atoms with Crippen LogP contribution in [0.3, 0.4) is 0 Å². The summed E-state index contributed by atoms with van der Waals surface area (Å²) in [4.78, 5) is 2.21. The molecule has 2 aromatic carbocycles. The number of nitrogens with zero attached hydrogens (tertiary/aromatic N) is 1. The Balaban J connectivity index is 2.24. The van der Waals surface area contributed by atoms with Crippen molar-refractivity contribution in [2.45, 2.75) is 31.7 Å². The number of sulfonamides is 1. The summed E-state index contributed by atoms with van der Waals surface area (Å²) in [6, 6.07) is 11.9. The first-order chi connectivity index (χ1) is 11.2. The predicted molar refractivity (Wildman–Crippen MR) is 102 cm³/mol. The molecule has 7 heteroatoms. The van der Waals surface area contributed by atoms with Crippen molar-refractivity contribution in [1.82, 2.24) is 0 Å². The molecule has 0 aliphatic carbocycles. The molecule has 2 rings (SSSR count). The predicted octanol–water partition coefficient (Wildman–Crippen LogP) is 5.03. The SMILES string of the molecule is CCN(c1ccc(NS(=O)(=O)c2ccc(Cl)cc2Cl)cc1)C(C)C. The molecule has 0 atom stereocenters. The fourth-order valence-corrected chi connectivity index (χ4v) is 4.30. The van der Waals surface area contributed by atoms with Crippen LogP contribution in [0.2, 0.25) is 10.0 Å². The van der Waals surface area contributed by atoms with Crippen LogP contribution in [-0.4, -0.2) is 21.0 Å². The van der Waals surface area contributed by atoms with Crippen molar-refractivity contribution in [3.63, 3.8) is 0 Å². The zero-order valence-corrected chi connectivity index (χ0v) is 16.1. The van der Waals surface area contributed by atoms with E-state index in [0.29, 0.717) is 16.8 Å². The molecule has 0 unspecified atom stereocenters. The zero-order valence-electron chi connectivity index (χ0n) is 13.8. The molecule has 0 fully saturated rings.